The molecule has 0 aromatic heterocycles. The molecule has 3 aromatic carbocycles. The van der Waals surface area contributed by atoms with Crippen molar-refractivity contribution >= 4 is 11.1 Å². The Hall–Kier alpha value is -2.64. The van der Waals surface area contributed by atoms with Crippen LogP contribution in [0.3, 0.4) is 0 Å². The molecule has 0 aliphatic heterocycles. The summed E-state index contributed by atoms with van der Waals surface area (Å²) in [6.07, 6.45) is -0.552. The molecule has 3 aromatic rings. The maximum atomic E-state index is 10.8. The molecule has 0 fully saturated rings. The highest BCUT2D eigenvalue weighted by molar-refractivity contribution is 6.11. The van der Waals surface area contributed by atoms with Crippen molar-refractivity contribution in [3.8, 4) is 11.1 Å². The molecule has 4 rings (SSSR count). The van der Waals surface area contributed by atoms with E-state index in [2.05, 4.69) is 86.6 Å². The second-order valence-corrected chi connectivity index (χ2v) is 7.30. The zero-order chi connectivity index (χ0) is 18.3. The number of hydrogen-bond donors (Lipinski definition) is 1. The Morgan fingerprint density at radius 2 is 1.12 bits per heavy atom. The van der Waals surface area contributed by atoms with Crippen LogP contribution in [0.1, 0.15) is 48.9 Å². The number of fused-ring (bicyclic) bond motifs is 3. The molecule has 1 aliphatic carbocycles. The second-order valence-electron chi connectivity index (χ2n) is 7.30. The SMILES string of the molecule is CC(C)c1ccccc1C(=C1c2ccccc2-c2ccccc21)[C@H](C)O. The van der Waals surface area contributed by atoms with Crippen LogP contribution in [-0.2, 0) is 0 Å². The van der Waals surface area contributed by atoms with Crippen LogP contribution in [-0.4, -0.2) is 11.2 Å². The van der Waals surface area contributed by atoms with Crippen LogP contribution < -0.4 is 0 Å². The maximum absolute atomic E-state index is 10.8. The third-order valence-corrected chi connectivity index (χ3v) is 5.24. The molecule has 0 heterocycles. The Labute approximate surface area is 155 Å². The third-order valence-electron chi connectivity index (χ3n) is 5.24. The van der Waals surface area contributed by atoms with Crippen LogP contribution >= 0.6 is 0 Å². The number of aliphatic hydroxyl groups is 1. The summed E-state index contributed by atoms with van der Waals surface area (Å²) in [4.78, 5) is 0. The molecule has 0 amide bonds. The van der Waals surface area contributed by atoms with Gasteiger partial charge in [-0.05, 0) is 57.4 Å². The van der Waals surface area contributed by atoms with E-state index in [0.717, 1.165) is 11.1 Å². The van der Waals surface area contributed by atoms with Gasteiger partial charge in [0.25, 0.3) is 0 Å². The highest BCUT2D eigenvalue weighted by Gasteiger charge is 2.28. The summed E-state index contributed by atoms with van der Waals surface area (Å²) in [5, 5.41) is 10.8. The van der Waals surface area contributed by atoms with E-state index in [1.807, 2.05) is 6.92 Å². The smallest absolute Gasteiger partial charge is 0.0774 e. The van der Waals surface area contributed by atoms with Gasteiger partial charge in [0, 0.05) is 0 Å². The number of hydrogen-bond acceptors (Lipinski definition) is 1. The van der Waals surface area contributed by atoms with Crippen molar-refractivity contribution in [1.29, 1.82) is 0 Å². The van der Waals surface area contributed by atoms with E-state index in [-0.39, 0.29) is 0 Å². The molecule has 1 nitrogen and oxygen atoms in total. The molecule has 1 heteroatoms. The fourth-order valence-electron chi connectivity index (χ4n) is 4.12. The molecule has 0 radical (unpaired) electrons. The van der Waals surface area contributed by atoms with Gasteiger partial charge in [0.05, 0.1) is 6.10 Å². The third kappa shape index (κ3) is 2.60. The largest absolute Gasteiger partial charge is 0.389 e. The normalized spacial score (nSPS) is 13.5. The first-order valence-electron chi connectivity index (χ1n) is 9.30. The van der Waals surface area contributed by atoms with Crippen molar-refractivity contribution in [2.45, 2.75) is 32.8 Å². The molecule has 130 valence electrons. The summed E-state index contributed by atoms with van der Waals surface area (Å²) >= 11 is 0. The lowest BCUT2D eigenvalue weighted by atomic mass is 9.85. The molecule has 26 heavy (non-hydrogen) atoms. The van der Waals surface area contributed by atoms with Gasteiger partial charge in [-0.15, -0.1) is 0 Å². The topological polar surface area (TPSA) is 20.2 Å². The maximum Gasteiger partial charge on any atom is 0.0774 e. The minimum Gasteiger partial charge on any atom is -0.389 e. The minimum absolute atomic E-state index is 0.396. The van der Waals surface area contributed by atoms with Gasteiger partial charge in [-0.1, -0.05) is 86.6 Å². The lowest BCUT2D eigenvalue weighted by Gasteiger charge is -2.21. The predicted octanol–water partition coefficient (Wildman–Crippen LogP) is 6.13. The summed E-state index contributed by atoms with van der Waals surface area (Å²) in [5.41, 5.74) is 9.53. The first-order chi connectivity index (χ1) is 12.6. The van der Waals surface area contributed by atoms with E-state index in [0.29, 0.717) is 5.92 Å². The molecule has 0 spiro atoms. The summed E-state index contributed by atoms with van der Waals surface area (Å²) in [7, 11) is 0. The summed E-state index contributed by atoms with van der Waals surface area (Å²) in [6.45, 7) is 6.29. The summed E-state index contributed by atoms with van der Waals surface area (Å²) < 4.78 is 0. The molecule has 1 N–H and O–H groups in total. The van der Waals surface area contributed by atoms with Gasteiger partial charge < -0.3 is 5.11 Å². The molecule has 0 unspecified atom stereocenters. The molecule has 1 aliphatic rings. The van der Waals surface area contributed by atoms with Crippen molar-refractivity contribution in [1.82, 2.24) is 0 Å². The molecular weight excluding hydrogens is 316 g/mol. The van der Waals surface area contributed by atoms with Gasteiger partial charge in [-0.2, -0.15) is 0 Å². The monoisotopic (exact) mass is 340 g/mol. The van der Waals surface area contributed by atoms with E-state index in [4.69, 9.17) is 0 Å². The van der Waals surface area contributed by atoms with E-state index < -0.39 is 6.10 Å². The van der Waals surface area contributed by atoms with Gasteiger partial charge in [0.15, 0.2) is 0 Å². The lowest BCUT2D eigenvalue weighted by molar-refractivity contribution is 0.253. The van der Waals surface area contributed by atoms with Crippen molar-refractivity contribution < 1.29 is 5.11 Å². The van der Waals surface area contributed by atoms with E-state index in [1.54, 1.807) is 0 Å². The van der Waals surface area contributed by atoms with Crippen LogP contribution in [0.5, 0.6) is 0 Å². The molecule has 0 saturated carbocycles. The standard InChI is InChI=1S/C25H24O/c1-16(2)18-10-4-7-13-21(18)24(17(3)26)25-22-14-8-5-11-19(22)20-12-6-9-15-23(20)25/h4-17,26H,1-3H3/t17-/m0/s1. The Kier molecular flexibility index (Phi) is 4.26. The Morgan fingerprint density at radius 1 is 0.654 bits per heavy atom. The van der Waals surface area contributed by atoms with Gasteiger partial charge in [-0.3, -0.25) is 0 Å². The lowest BCUT2D eigenvalue weighted by Crippen LogP contribution is -2.09. The average Bonchev–Trinajstić information content (AvgIpc) is 2.97. The van der Waals surface area contributed by atoms with Gasteiger partial charge in [0.2, 0.25) is 0 Å². The van der Waals surface area contributed by atoms with Crippen LogP contribution in [0.4, 0.5) is 0 Å². The van der Waals surface area contributed by atoms with Crippen LogP contribution in [0.15, 0.2) is 72.8 Å². The van der Waals surface area contributed by atoms with E-state index in [9.17, 15) is 5.11 Å². The average molecular weight is 340 g/mol. The quantitative estimate of drug-likeness (QED) is 0.475. The van der Waals surface area contributed by atoms with Crippen molar-refractivity contribution in [3.63, 3.8) is 0 Å². The van der Waals surface area contributed by atoms with Crippen LogP contribution in [0.25, 0.3) is 22.3 Å². The van der Waals surface area contributed by atoms with Crippen molar-refractivity contribution in [3.05, 3.63) is 95.1 Å². The first kappa shape index (κ1) is 16.8. The highest BCUT2D eigenvalue weighted by Crippen LogP contribution is 2.48. The number of rotatable bonds is 3. The zero-order valence-electron chi connectivity index (χ0n) is 15.5. The van der Waals surface area contributed by atoms with E-state index in [1.165, 1.54) is 33.4 Å². The number of benzene rings is 3. The second kappa shape index (κ2) is 6.59. The zero-order valence-corrected chi connectivity index (χ0v) is 15.5. The van der Waals surface area contributed by atoms with Crippen molar-refractivity contribution in [2.24, 2.45) is 0 Å². The Morgan fingerprint density at radius 3 is 1.62 bits per heavy atom. The summed E-state index contributed by atoms with van der Waals surface area (Å²) in [6, 6.07) is 25.5. The molecule has 1 atom stereocenters. The Bertz CT molecular complexity index is 945. The number of aliphatic hydroxyl groups excluding tert-OH is 1. The van der Waals surface area contributed by atoms with Gasteiger partial charge in [0.1, 0.15) is 0 Å². The fraction of sp³-hybridized carbons (Fsp3) is 0.200. The van der Waals surface area contributed by atoms with Gasteiger partial charge >= 0.3 is 0 Å². The molecular formula is C25H24O. The fourth-order valence-corrected chi connectivity index (χ4v) is 4.12. The van der Waals surface area contributed by atoms with Crippen LogP contribution in [0.2, 0.25) is 0 Å². The van der Waals surface area contributed by atoms with E-state index >= 15 is 0 Å². The summed E-state index contributed by atoms with van der Waals surface area (Å²) in [5.74, 6) is 0.396. The molecule has 0 bridgehead atoms. The first-order valence-corrected chi connectivity index (χ1v) is 9.30. The van der Waals surface area contributed by atoms with Crippen LogP contribution in [0, 0.1) is 0 Å². The van der Waals surface area contributed by atoms with Crippen molar-refractivity contribution in [2.75, 3.05) is 0 Å². The minimum atomic E-state index is -0.552. The molecule has 0 saturated heterocycles. The van der Waals surface area contributed by atoms with Gasteiger partial charge in [-0.25, -0.2) is 0 Å². The Balaban J connectivity index is 2.11. The highest BCUT2D eigenvalue weighted by atomic mass is 16.3. The predicted molar refractivity (Wildman–Crippen MR) is 110 cm³/mol.